The molecule has 2 aromatic rings. The van der Waals surface area contributed by atoms with E-state index in [-0.39, 0.29) is 24.5 Å². The van der Waals surface area contributed by atoms with Gasteiger partial charge in [-0.15, -0.1) is 5.10 Å². The predicted molar refractivity (Wildman–Crippen MR) is 121 cm³/mol. The van der Waals surface area contributed by atoms with E-state index in [4.69, 9.17) is 23.2 Å². The van der Waals surface area contributed by atoms with Gasteiger partial charge in [0.25, 0.3) is 0 Å². The summed E-state index contributed by atoms with van der Waals surface area (Å²) >= 11 is 12.4. The summed E-state index contributed by atoms with van der Waals surface area (Å²) in [5.41, 5.74) is 0.651. The average Bonchev–Trinajstić information content (AvgIpc) is 3.16. The first-order chi connectivity index (χ1) is 14.7. The highest BCUT2D eigenvalue weighted by molar-refractivity contribution is 7.89. The number of aromatic nitrogens is 4. The molecule has 0 bridgehead atoms. The second-order valence-electron chi connectivity index (χ2n) is 7.02. The van der Waals surface area contributed by atoms with Gasteiger partial charge in [-0.3, -0.25) is 4.79 Å². The Morgan fingerprint density at radius 3 is 2.42 bits per heavy atom. The second-order valence-corrected chi connectivity index (χ2v) is 9.71. The Bertz CT molecular complexity index is 959. The van der Waals surface area contributed by atoms with Gasteiger partial charge in [-0.1, -0.05) is 50.0 Å². The number of tetrazole rings is 1. The van der Waals surface area contributed by atoms with Crippen molar-refractivity contribution in [2.45, 2.75) is 46.2 Å². The lowest BCUT2D eigenvalue weighted by Crippen LogP contribution is -2.44. The lowest BCUT2D eigenvalue weighted by molar-refractivity contribution is -0.121. The highest BCUT2D eigenvalue weighted by atomic mass is 35.5. The number of hydrogen-bond acceptors (Lipinski definition) is 7. The van der Waals surface area contributed by atoms with Crippen molar-refractivity contribution in [3.8, 4) is 0 Å². The van der Waals surface area contributed by atoms with Gasteiger partial charge in [-0.05, 0) is 47.6 Å². The predicted octanol–water partition coefficient (Wildman–Crippen LogP) is 2.18. The molecule has 0 aliphatic heterocycles. The minimum absolute atomic E-state index is 0.0698. The normalized spacial score (nSPS) is 13.0. The first-order valence-corrected chi connectivity index (χ1v) is 12.5. The summed E-state index contributed by atoms with van der Waals surface area (Å²) in [5.74, 6) is 0.00915. The number of nitrogens with one attached hydrogen (secondary N) is 1. The van der Waals surface area contributed by atoms with Crippen molar-refractivity contribution < 1.29 is 13.2 Å². The van der Waals surface area contributed by atoms with Gasteiger partial charge in [-0.25, -0.2) is 17.8 Å². The Balaban J connectivity index is 2.06. The third-order valence-corrected chi connectivity index (χ3v) is 7.07. The number of sulfonamides is 1. The van der Waals surface area contributed by atoms with Crippen molar-refractivity contribution in [2.24, 2.45) is 0 Å². The van der Waals surface area contributed by atoms with Crippen LogP contribution in [0.3, 0.4) is 0 Å². The van der Waals surface area contributed by atoms with E-state index in [1.165, 1.54) is 4.68 Å². The van der Waals surface area contributed by atoms with E-state index in [9.17, 15) is 13.2 Å². The topological polar surface area (TPSA) is 110 Å². The Morgan fingerprint density at radius 1 is 1.19 bits per heavy atom. The summed E-state index contributed by atoms with van der Waals surface area (Å²) in [7, 11) is -3.61. The lowest BCUT2D eigenvalue weighted by atomic mass is 10.1. The molecule has 0 saturated heterocycles. The number of nitrogens with zero attached hydrogens (tertiary/aromatic N) is 5. The molecule has 0 aliphatic rings. The zero-order valence-electron chi connectivity index (χ0n) is 17.9. The maximum atomic E-state index is 12.8. The van der Waals surface area contributed by atoms with E-state index in [0.29, 0.717) is 34.4 Å². The van der Waals surface area contributed by atoms with Gasteiger partial charge in [0.2, 0.25) is 10.0 Å². The summed E-state index contributed by atoms with van der Waals surface area (Å²) in [6.07, 6.45) is 0.558. The fourth-order valence-electron chi connectivity index (χ4n) is 3.03. The summed E-state index contributed by atoms with van der Waals surface area (Å²) in [6.45, 7) is 7.46. The molecule has 172 valence electrons. The smallest absolute Gasteiger partial charge is 0.213 e. The van der Waals surface area contributed by atoms with E-state index in [1.54, 1.807) is 25.1 Å². The van der Waals surface area contributed by atoms with Crippen molar-refractivity contribution >= 4 is 39.0 Å². The van der Waals surface area contributed by atoms with Crippen molar-refractivity contribution in [1.82, 2.24) is 29.8 Å². The minimum Gasteiger partial charge on any atom is -0.303 e. The third-order valence-electron chi connectivity index (χ3n) is 5.00. The van der Waals surface area contributed by atoms with Crippen LogP contribution in [0.25, 0.3) is 0 Å². The first kappa shape index (κ1) is 25.7. The van der Waals surface area contributed by atoms with Crippen molar-refractivity contribution in [3.05, 3.63) is 39.6 Å². The van der Waals surface area contributed by atoms with Crippen LogP contribution in [0, 0.1) is 0 Å². The first-order valence-electron chi connectivity index (χ1n) is 10.1. The molecule has 1 N–H and O–H groups in total. The number of carbonyl (C=O) groups is 1. The number of ketones is 1. The molecule has 0 radical (unpaired) electrons. The summed E-state index contributed by atoms with van der Waals surface area (Å²) < 4.78 is 28.8. The van der Waals surface area contributed by atoms with Crippen molar-refractivity contribution in [1.29, 1.82) is 0 Å². The van der Waals surface area contributed by atoms with Gasteiger partial charge in [0, 0.05) is 23.0 Å². The van der Waals surface area contributed by atoms with Crippen LogP contribution in [0.2, 0.25) is 10.0 Å². The van der Waals surface area contributed by atoms with Crippen molar-refractivity contribution in [2.75, 3.05) is 25.4 Å². The Hall–Kier alpha value is -1.59. The quantitative estimate of drug-likeness (QED) is 0.457. The molecule has 2 rings (SSSR count). The van der Waals surface area contributed by atoms with Crippen molar-refractivity contribution in [3.63, 3.8) is 0 Å². The lowest BCUT2D eigenvalue weighted by Gasteiger charge is -2.20. The van der Waals surface area contributed by atoms with Crippen LogP contribution < -0.4 is 4.72 Å². The third kappa shape index (κ3) is 7.50. The SMILES string of the molecule is CCC(NS(=O)(=O)CCN(CC)CC)C(=O)Cn1nnnc1Cc1c(Cl)cccc1Cl. The number of Topliss-reactive ketones (excluding diaryl/α,β-unsaturated/α-hetero) is 1. The molecule has 9 nitrogen and oxygen atoms in total. The van der Waals surface area contributed by atoms with Crippen LogP contribution in [0.1, 0.15) is 38.6 Å². The van der Waals surface area contributed by atoms with E-state index in [0.717, 1.165) is 13.1 Å². The summed E-state index contributed by atoms with van der Waals surface area (Å²) in [4.78, 5) is 14.8. The van der Waals surface area contributed by atoms with Crippen LogP contribution in [0.4, 0.5) is 0 Å². The molecule has 1 aromatic carbocycles. The number of benzene rings is 1. The Morgan fingerprint density at radius 2 is 1.84 bits per heavy atom. The molecule has 0 aliphatic carbocycles. The standard InChI is InChI=1S/C19H28Cl2N6O3S/c1-4-17(23-31(29,30)11-10-26(5-2)6-3)18(28)13-27-19(22-24-25-27)12-14-15(20)8-7-9-16(14)21/h7-9,17,23H,4-6,10-13H2,1-3H3. The monoisotopic (exact) mass is 490 g/mol. The molecule has 1 unspecified atom stereocenters. The molecule has 31 heavy (non-hydrogen) atoms. The molecular formula is C19H28Cl2N6O3S. The van der Waals surface area contributed by atoms with Gasteiger partial charge in [0.15, 0.2) is 11.6 Å². The number of hydrogen-bond donors (Lipinski definition) is 1. The van der Waals surface area contributed by atoms with Crippen LogP contribution in [0.15, 0.2) is 18.2 Å². The summed E-state index contributed by atoms with van der Waals surface area (Å²) in [5, 5.41) is 12.4. The number of carbonyl (C=O) groups excluding carboxylic acids is 1. The van der Waals surface area contributed by atoms with Gasteiger partial charge >= 0.3 is 0 Å². The van der Waals surface area contributed by atoms with E-state index >= 15 is 0 Å². The zero-order chi connectivity index (χ0) is 23.0. The molecule has 0 fully saturated rings. The molecular weight excluding hydrogens is 463 g/mol. The van der Waals surface area contributed by atoms with Crippen LogP contribution in [-0.4, -0.2) is 70.7 Å². The van der Waals surface area contributed by atoms with E-state index in [1.807, 2.05) is 18.7 Å². The Labute approximate surface area is 193 Å². The number of rotatable bonds is 13. The zero-order valence-corrected chi connectivity index (χ0v) is 20.2. The van der Waals surface area contributed by atoms with Gasteiger partial charge in [0.05, 0.1) is 11.8 Å². The minimum atomic E-state index is -3.61. The van der Waals surface area contributed by atoms with Crippen LogP contribution in [-0.2, 0) is 27.8 Å². The highest BCUT2D eigenvalue weighted by Crippen LogP contribution is 2.26. The van der Waals surface area contributed by atoms with Gasteiger partial charge in [0.1, 0.15) is 6.54 Å². The molecule has 0 spiro atoms. The van der Waals surface area contributed by atoms with Crippen LogP contribution in [0.5, 0.6) is 0 Å². The molecule has 0 amide bonds. The molecule has 1 atom stereocenters. The highest BCUT2D eigenvalue weighted by Gasteiger charge is 2.25. The number of halogens is 2. The molecule has 12 heteroatoms. The molecule has 0 saturated carbocycles. The maximum Gasteiger partial charge on any atom is 0.213 e. The fraction of sp³-hybridized carbons (Fsp3) is 0.579. The van der Waals surface area contributed by atoms with E-state index < -0.39 is 16.1 Å². The largest absolute Gasteiger partial charge is 0.303 e. The fourth-order valence-corrected chi connectivity index (χ4v) is 4.91. The van der Waals surface area contributed by atoms with E-state index in [2.05, 4.69) is 20.2 Å². The van der Waals surface area contributed by atoms with Gasteiger partial charge < -0.3 is 4.90 Å². The second kappa shape index (κ2) is 11.9. The maximum absolute atomic E-state index is 12.8. The Kier molecular flexibility index (Phi) is 9.83. The van der Waals surface area contributed by atoms with Gasteiger partial charge in [-0.2, -0.15) is 0 Å². The summed E-state index contributed by atoms with van der Waals surface area (Å²) in [6, 6.07) is 4.30. The van der Waals surface area contributed by atoms with Crippen LogP contribution >= 0.6 is 23.2 Å². The average molecular weight is 491 g/mol. The molecule has 1 aromatic heterocycles. The molecule has 1 heterocycles.